The number of nitrogens with zero attached hydrogens (tertiary/aromatic N) is 2. The number of hydrogen-bond acceptors (Lipinski definition) is 2. The number of likely N-dealkylation sites (N-methyl/N-ethyl adjacent to an activating group) is 1. The summed E-state index contributed by atoms with van der Waals surface area (Å²) in [6, 6.07) is 0. The molecule has 0 bridgehead atoms. The Bertz CT molecular complexity index is 517. The monoisotopic (exact) mass is 448 g/mol. The molecule has 0 aromatic carbocycles. The van der Waals surface area contributed by atoms with Gasteiger partial charge in [0, 0.05) is 13.3 Å². The summed E-state index contributed by atoms with van der Waals surface area (Å²) in [4.78, 5) is 16.0. The smallest absolute Gasteiger partial charge is 0.217 e. The average molecular weight is 449 g/mol. The van der Waals surface area contributed by atoms with Crippen LogP contribution >= 0.6 is 0 Å². The molecule has 2 unspecified atom stereocenters. The maximum Gasteiger partial charge on any atom is 0.217 e. The van der Waals surface area contributed by atoms with E-state index < -0.39 is 0 Å². The van der Waals surface area contributed by atoms with Crippen LogP contribution in [0.1, 0.15) is 124 Å². The van der Waals surface area contributed by atoms with Crippen molar-refractivity contribution in [3.8, 4) is 0 Å². The highest BCUT2D eigenvalue weighted by Crippen LogP contribution is 2.24. The van der Waals surface area contributed by atoms with E-state index in [1.165, 1.54) is 103 Å². The van der Waals surface area contributed by atoms with Crippen molar-refractivity contribution in [3.63, 3.8) is 0 Å². The number of quaternary nitrogens is 1. The molecule has 1 aliphatic rings. The average Bonchev–Trinajstić information content (AvgIpc) is 3.18. The predicted molar refractivity (Wildman–Crippen MR) is 140 cm³/mol. The molecule has 1 N–H and O–H groups in total. The van der Waals surface area contributed by atoms with Crippen molar-refractivity contribution in [1.29, 1.82) is 0 Å². The van der Waals surface area contributed by atoms with Crippen LogP contribution in [-0.2, 0) is 4.79 Å². The van der Waals surface area contributed by atoms with Crippen molar-refractivity contribution in [3.05, 3.63) is 12.2 Å². The molecule has 32 heavy (non-hydrogen) atoms. The van der Waals surface area contributed by atoms with Gasteiger partial charge in [-0.1, -0.05) is 89.7 Å². The Balaban J connectivity index is 1.93. The summed E-state index contributed by atoms with van der Waals surface area (Å²) < 4.78 is 1.02. The number of hydrogen-bond donors (Lipinski definition) is 1. The highest BCUT2D eigenvalue weighted by atomic mass is 16.1. The Hall–Kier alpha value is -1.16. The molecule has 4 nitrogen and oxygen atoms in total. The summed E-state index contributed by atoms with van der Waals surface area (Å²) >= 11 is 0. The molecule has 0 aliphatic carbocycles. The van der Waals surface area contributed by atoms with Crippen LogP contribution in [0, 0.1) is 0 Å². The molecule has 1 heterocycles. The van der Waals surface area contributed by atoms with Gasteiger partial charge < -0.3 is 5.32 Å². The molecule has 0 fully saturated rings. The first kappa shape index (κ1) is 28.9. The predicted octanol–water partition coefficient (Wildman–Crippen LogP) is 7.19. The van der Waals surface area contributed by atoms with Crippen LogP contribution in [-0.4, -0.2) is 48.9 Å². The molecular formula is C28H54N3O+. The molecule has 0 radical (unpaired) electrons. The van der Waals surface area contributed by atoms with Gasteiger partial charge in [0.05, 0.1) is 25.8 Å². The lowest BCUT2D eigenvalue weighted by atomic mass is 10.0. The third-order valence-corrected chi connectivity index (χ3v) is 7.12. The number of nitrogens with one attached hydrogen (secondary N) is 1. The van der Waals surface area contributed by atoms with Crippen LogP contribution in [0.4, 0.5) is 0 Å². The fraction of sp³-hybridized carbons (Fsp3) is 0.857. The van der Waals surface area contributed by atoms with Crippen LogP contribution in [0.3, 0.4) is 0 Å². The highest BCUT2D eigenvalue weighted by Gasteiger charge is 2.37. The van der Waals surface area contributed by atoms with Crippen molar-refractivity contribution >= 4 is 12.1 Å². The second kappa shape index (κ2) is 19.3. The lowest BCUT2D eigenvalue weighted by molar-refractivity contribution is -0.935. The highest BCUT2D eigenvalue weighted by molar-refractivity contribution is 5.72. The Labute approximate surface area is 199 Å². The molecular weight excluding hydrogens is 394 g/mol. The molecule has 0 saturated carbocycles. The molecule has 1 amide bonds. The maximum absolute atomic E-state index is 11.2. The van der Waals surface area contributed by atoms with Crippen molar-refractivity contribution in [2.45, 2.75) is 130 Å². The Morgan fingerprint density at radius 3 is 2.03 bits per heavy atom. The lowest BCUT2D eigenvalue weighted by Crippen LogP contribution is -2.55. The summed E-state index contributed by atoms with van der Waals surface area (Å²) in [6.07, 6.45) is 29.0. The van der Waals surface area contributed by atoms with Crippen molar-refractivity contribution in [2.75, 3.05) is 26.2 Å². The van der Waals surface area contributed by atoms with Crippen molar-refractivity contribution < 1.29 is 9.28 Å². The number of carbonyl (C=O) groups excluding carboxylic acids is 1. The molecule has 0 spiro atoms. The Morgan fingerprint density at radius 2 is 1.47 bits per heavy atom. The topological polar surface area (TPSA) is 41.5 Å². The minimum atomic E-state index is 0.0711. The number of allylic oxidation sites excluding steroid dienone is 2. The van der Waals surface area contributed by atoms with E-state index in [0.717, 1.165) is 30.7 Å². The number of carbonyl (C=O) groups is 1. The first-order chi connectivity index (χ1) is 15.6. The third kappa shape index (κ3) is 13.4. The van der Waals surface area contributed by atoms with Crippen molar-refractivity contribution in [2.24, 2.45) is 4.99 Å². The zero-order valence-electron chi connectivity index (χ0n) is 21.8. The fourth-order valence-corrected chi connectivity index (χ4v) is 4.90. The zero-order chi connectivity index (χ0) is 23.3. The van der Waals surface area contributed by atoms with E-state index in [9.17, 15) is 4.79 Å². The van der Waals surface area contributed by atoms with Gasteiger partial charge in [0.25, 0.3) is 0 Å². The first-order valence-electron chi connectivity index (χ1n) is 13.9. The van der Waals surface area contributed by atoms with Gasteiger partial charge in [0.15, 0.2) is 6.17 Å². The van der Waals surface area contributed by atoms with Crippen LogP contribution in [0.5, 0.6) is 0 Å². The lowest BCUT2D eigenvalue weighted by Gasteiger charge is -2.38. The SMILES string of the molecule is CCC/C=C/CCCCCCCCCCCCCCC1N=CC[N+]1(CC)CCNC(C)=O. The zero-order valence-corrected chi connectivity index (χ0v) is 21.8. The molecule has 2 atom stereocenters. The first-order valence-corrected chi connectivity index (χ1v) is 13.9. The standard InChI is InChI=1S/C28H53N3O/c1-4-6-7-8-9-10-11-12-13-14-15-16-17-18-19-20-21-22-28-30-24-26-31(28,5-2)25-23-29-27(3)32/h7-8,24,28H,4-6,9-23,25-26H2,1-3H3/p+1/b8-7+. The number of aliphatic imine (C=N–C) groups is 1. The Kier molecular flexibility index (Phi) is 17.4. The van der Waals surface area contributed by atoms with Gasteiger partial charge in [0.1, 0.15) is 6.54 Å². The van der Waals surface area contributed by atoms with E-state index in [2.05, 4.69) is 37.5 Å². The summed E-state index contributed by atoms with van der Waals surface area (Å²) in [5, 5.41) is 2.97. The van der Waals surface area contributed by atoms with Crippen LogP contribution in [0.2, 0.25) is 0 Å². The van der Waals surface area contributed by atoms with E-state index in [4.69, 9.17) is 4.99 Å². The molecule has 186 valence electrons. The minimum absolute atomic E-state index is 0.0711. The fourth-order valence-electron chi connectivity index (χ4n) is 4.90. The van der Waals surface area contributed by atoms with Crippen LogP contribution in [0.25, 0.3) is 0 Å². The van der Waals surface area contributed by atoms with Crippen LogP contribution < -0.4 is 5.32 Å². The van der Waals surface area contributed by atoms with Gasteiger partial charge in [0.2, 0.25) is 5.91 Å². The summed E-state index contributed by atoms with van der Waals surface area (Å²) in [5.41, 5.74) is 0. The number of rotatable bonds is 21. The third-order valence-electron chi connectivity index (χ3n) is 7.12. The number of amides is 1. The van der Waals surface area contributed by atoms with Gasteiger partial charge >= 0.3 is 0 Å². The van der Waals surface area contributed by atoms with E-state index in [0.29, 0.717) is 6.17 Å². The van der Waals surface area contributed by atoms with E-state index in [1.807, 2.05) is 0 Å². The van der Waals surface area contributed by atoms with Gasteiger partial charge in [-0.05, 0) is 32.6 Å². The maximum atomic E-state index is 11.2. The minimum Gasteiger partial charge on any atom is -0.351 e. The van der Waals surface area contributed by atoms with Crippen LogP contribution in [0.15, 0.2) is 17.1 Å². The quantitative estimate of drug-likeness (QED) is 0.113. The Morgan fingerprint density at radius 1 is 0.906 bits per heavy atom. The normalized spacial score (nSPS) is 20.4. The van der Waals surface area contributed by atoms with Crippen molar-refractivity contribution in [1.82, 2.24) is 5.32 Å². The van der Waals surface area contributed by atoms with Gasteiger partial charge in [-0.3, -0.25) is 9.28 Å². The number of unbranched alkanes of at least 4 members (excludes halogenated alkanes) is 13. The van der Waals surface area contributed by atoms with Gasteiger partial charge in [-0.15, -0.1) is 0 Å². The van der Waals surface area contributed by atoms with Gasteiger partial charge in [-0.2, -0.15) is 0 Å². The summed E-state index contributed by atoms with van der Waals surface area (Å²) in [7, 11) is 0. The molecule has 4 heteroatoms. The summed E-state index contributed by atoms with van der Waals surface area (Å²) in [5.74, 6) is 0.0711. The van der Waals surface area contributed by atoms with E-state index >= 15 is 0 Å². The molecule has 0 aromatic heterocycles. The second-order valence-corrected chi connectivity index (χ2v) is 9.82. The molecule has 0 aromatic rings. The molecule has 1 rings (SSSR count). The second-order valence-electron chi connectivity index (χ2n) is 9.82. The van der Waals surface area contributed by atoms with Gasteiger partial charge in [-0.25, -0.2) is 4.99 Å². The molecule has 0 saturated heterocycles. The van der Waals surface area contributed by atoms with E-state index in [-0.39, 0.29) is 5.91 Å². The summed E-state index contributed by atoms with van der Waals surface area (Å²) in [6.45, 7) is 9.99. The largest absolute Gasteiger partial charge is 0.351 e. The van der Waals surface area contributed by atoms with E-state index in [1.54, 1.807) is 6.92 Å². The molecule has 1 aliphatic heterocycles.